The van der Waals surface area contributed by atoms with Crippen LogP contribution in [0, 0.1) is 18.8 Å². The van der Waals surface area contributed by atoms with Gasteiger partial charge >= 0.3 is 18.1 Å². The molecule has 2 heterocycles. The SMILES string of the molecule is Cc1cc(OCC#Cc2ccc3c(c2)C(=O)N(C(C)CC(=O)OC(=O)C(F)(F)F)C(c2ccccc2)C(=O)N3c2ccccc2)nc(N)n1. The van der Waals surface area contributed by atoms with Crippen molar-refractivity contribution in [2.45, 2.75) is 38.5 Å². The van der Waals surface area contributed by atoms with Crippen molar-refractivity contribution in [1.29, 1.82) is 0 Å². The molecule has 250 valence electrons. The van der Waals surface area contributed by atoms with Crippen LogP contribution in [0.5, 0.6) is 5.88 Å². The molecule has 2 atom stereocenters. The van der Waals surface area contributed by atoms with Gasteiger partial charge in [0.25, 0.3) is 11.8 Å². The van der Waals surface area contributed by atoms with Crippen LogP contribution in [0.3, 0.4) is 0 Å². The van der Waals surface area contributed by atoms with E-state index in [1.165, 1.54) is 17.9 Å². The first kappa shape index (κ1) is 34.1. The number of nitrogens with zero attached hydrogens (tertiary/aromatic N) is 4. The number of amides is 2. The smallest absolute Gasteiger partial charge is 0.464 e. The average Bonchev–Trinajstić information content (AvgIpc) is 3.14. The maximum Gasteiger partial charge on any atom is 0.491 e. The van der Waals surface area contributed by atoms with Crippen molar-refractivity contribution in [3.05, 3.63) is 107 Å². The summed E-state index contributed by atoms with van der Waals surface area (Å²) in [6.45, 7) is 3.01. The Morgan fingerprint density at radius 3 is 2.31 bits per heavy atom. The van der Waals surface area contributed by atoms with Gasteiger partial charge in [-0.05, 0) is 49.7 Å². The molecule has 14 heteroatoms. The van der Waals surface area contributed by atoms with Crippen LogP contribution in [0.2, 0.25) is 0 Å². The second kappa shape index (κ2) is 14.3. The molecule has 2 N–H and O–H groups in total. The van der Waals surface area contributed by atoms with Gasteiger partial charge in [-0.2, -0.15) is 18.2 Å². The Labute approximate surface area is 278 Å². The number of benzene rings is 3. The van der Waals surface area contributed by atoms with Gasteiger partial charge in [0.1, 0.15) is 6.04 Å². The molecule has 3 aromatic carbocycles. The molecule has 0 bridgehead atoms. The molecule has 0 radical (unpaired) electrons. The Morgan fingerprint density at radius 1 is 0.980 bits per heavy atom. The maximum atomic E-state index is 14.6. The number of halogens is 3. The molecule has 5 rings (SSSR count). The number of ether oxygens (including phenoxy) is 2. The number of nitrogen functional groups attached to an aromatic ring is 1. The summed E-state index contributed by atoms with van der Waals surface area (Å²) in [6.07, 6.45) is -6.23. The second-order valence-corrected chi connectivity index (χ2v) is 10.9. The molecule has 1 aliphatic heterocycles. The van der Waals surface area contributed by atoms with Gasteiger partial charge in [0.05, 0.1) is 17.7 Å². The predicted octanol–water partition coefficient (Wildman–Crippen LogP) is 5.07. The van der Waals surface area contributed by atoms with E-state index in [-0.39, 0.29) is 29.7 Å². The van der Waals surface area contributed by atoms with E-state index >= 15 is 0 Å². The fraction of sp³-hybridized carbons (Fsp3) is 0.200. The van der Waals surface area contributed by atoms with Gasteiger partial charge in [-0.25, -0.2) is 9.78 Å². The van der Waals surface area contributed by atoms with E-state index in [0.717, 1.165) is 4.90 Å². The summed E-state index contributed by atoms with van der Waals surface area (Å²) in [5.41, 5.74) is 7.67. The number of fused-ring (bicyclic) bond motifs is 1. The van der Waals surface area contributed by atoms with Crippen LogP contribution < -0.4 is 15.4 Å². The second-order valence-electron chi connectivity index (χ2n) is 10.9. The number of carbonyl (C=O) groups is 4. The van der Waals surface area contributed by atoms with E-state index in [1.54, 1.807) is 85.8 Å². The first-order valence-corrected chi connectivity index (χ1v) is 14.8. The van der Waals surface area contributed by atoms with Gasteiger partial charge in [0.15, 0.2) is 6.61 Å². The lowest BCUT2D eigenvalue weighted by Gasteiger charge is -2.35. The molecule has 11 nitrogen and oxygen atoms in total. The van der Waals surface area contributed by atoms with Crippen molar-refractivity contribution in [3.8, 4) is 17.7 Å². The Bertz CT molecular complexity index is 1940. The van der Waals surface area contributed by atoms with E-state index in [2.05, 4.69) is 26.5 Å². The van der Waals surface area contributed by atoms with Gasteiger partial charge in [0.2, 0.25) is 11.8 Å². The van der Waals surface area contributed by atoms with Gasteiger partial charge in [-0.15, -0.1) is 0 Å². The summed E-state index contributed by atoms with van der Waals surface area (Å²) >= 11 is 0. The Kier molecular flexibility index (Phi) is 9.93. The summed E-state index contributed by atoms with van der Waals surface area (Å²) in [7, 11) is 0. The Hall–Kier alpha value is -6.23. The number of hydrogen-bond donors (Lipinski definition) is 1. The summed E-state index contributed by atoms with van der Waals surface area (Å²) in [6, 6.07) is 20.5. The third-order valence-corrected chi connectivity index (χ3v) is 7.31. The molecule has 1 aromatic heterocycles. The van der Waals surface area contributed by atoms with E-state index in [9.17, 15) is 32.3 Å². The molecule has 0 spiro atoms. The molecule has 49 heavy (non-hydrogen) atoms. The van der Waals surface area contributed by atoms with Crippen LogP contribution in [-0.2, 0) is 19.1 Å². The zero-order valence-electron chi connectivity index (χ0n) is 26.1. The highest BCUT2D eigenvalue weighted by atomic mass is 19.4. The zero-order valence-corrected chi connectivity index (χ0v) is 26.1. The number of para-hydroxylation sites is 1. The standard InChI is InChI=1S/C35H28F3N5O6/c1-21-18-28(41-34(39)40-21)48-17-9-10-23-15-16-27-26(20-23)31(45)42(22(2)19-29(44)49-33(47)35(36,37)38)30(24-11-5-3-6-12-24)32(46)43(27)25-13-7-4-8-14-25/h3-8,11-16,18,20,22,30H,17,19H2,1-2H3,(H2,39,40,41). The lowest BCUT2D eigenvalue weighted by Crippen LogP contribution is -2.46. The van der Waals surface area contributed by atoms with E-state index in [4.69, 9.17) is 10.5 Å². The minimum atomic E-state index is -5.40. The monoisotopic (exact) mass is 671 g/mol. The number of nitrogens with two attached hydrogens (primary N) is 1. The third-order valence-electron chi connectivity index (χ3n) is 7.31. The molecule has 0 fully saturated rings. The number of hydrogen-bond acceptors (Lipinski definition) is 9. The number of alkyl halides is 3. The quantitative estimate of drug-likeness (QED) is 0.162. The minimum absolute atomic E-state index is 0.0223. The highest BCUT2D eigenvalue weighted by Gasteiger charge is 2.45. The normalized spacial score (nSPS) is 15.0. The summed E-state index contributed by atoms with van der Waals surface area (Å²) in [4.78, 5) is 63.5. The summed E-state index contributed by atoms with van der Waals surface area (Å²) < 4.78 is 48.0. The molecule has 0 saturated carbocycles. The van der Waals surface area contributed by atoms with Crippen molar-refractivity contribution in [1.82, 2.24) is 14.9 Å². The van der Waals surface area contributed by atoms with Crippen LogP contribution >= 0.6 is 0 Å². The zero-order chi connectivity index (χ0) is 35.3. The van der Waals surface area contributed by atoms with Crippen molar-refractivity contribution < 1.29 is 41.8 Å². The average molecular weight is 672 g/mol. The van der Waals surface area contributed by atoms with Crippen LogP contribution in [-0.4, -0.2) is 57.4 Å². The van der Waals surface area contributed by atoms with E-state index in [1.807, 2.05) is 0 Å². The third kappa shape index (κ3) is 7.84. The van der Waals surface area contributed by atoms with Gasteiger partial charge in [-0.1, -0.05) is 60.4 Å². The number of aromatic nitrogens is 2. The van der Waals surface area contributed by atoms with Gasteiger partial charge in [-0.3, -0.25) is 19.3 Å². The van der Waals surface area contributed by atoms with E-state index in [0.29, 0.717) is 22.5 Å². The number of esters is 2. The van der Waals surface area contributed by atoms with Crippen molar-refractivity contribution in [2.24, 2.45) is 0 Å². The lowest BCUT2D eigenvalue weighted by molar-refractivity contribution is -0.202. The largest absolute Gasteiger partial charge is 0.491 e. The molecule has 1 aliphatic rings. The predicted molar refractivity (Wildman–Crippen MR) is 170 cm³/mol. The number of aryl methyl sites for hydroxylation is 1. The van der Waals surface area contributed by atoms with Gasteiger partial charge < -0.3 is 20.1 Å². The highest BCUT2D eigenvalue weighted by Crippen LogP contribution is 2.40. The molecule has 0 aliphatic carbocycles. The fourth-order valence-electron chi connectivity index (χ4n) is 5.26. The molecular formula is C35H28F3N5O6. The first-order chi connectivity index (χ1) is 23.3. The first-order valence-electron chi connectivity index (χ1n) is 14.8. The molecular weight excluding hydrogens is 643 g/mol. The molecule has 0 saturated heterocycles. The van der Waals surface area contributed by atoms with Crippen molar-refractivity contribution in [3.63, 3.8) is 0 Å². The van der Waals surface area contributed by atoms with Crippen molar-refractivity contribution >= 4 is 41.1 Å². The highest BCUT2D eigenvalue weighted by molar-refractivity contribution is 6.14. The molecule has 2 amide bonds. The summed E-state index contributed by atoms with van der Waals surface area (Å²) in [5, 5.41) is 0. The number of carbonyl (C=O) groups excluding carboxylic acids is 4. The number of rotatable bonds is 7. The lowest BCUT2D eigenvalue weighted by atomic mass is 10.0. The van der Waals surface area contributed by atoms with E-state index < -0.39 is 48.4 Å². The number of anilines is 3. The van der Waals surface area contributed by atoms with Crippen molar-refractivity contribution in [2.75, 3.05) is 17.2 Å². The van der Waals surface area contributed by atoms with Crippen LogP contribution in [0.15, 0.2) is 84.9 Å². The van der Waals surface area contributed by atoms with Crippen LogP contribution in [0.25, 0.3) is 0 Å². The van der Waals surface area contributed by atoms with Crippen LogP contribution in [0.4, 0.5) is 30.5 Å². The Morgan fingerprint density at radius 2 is 1.65 bits per heavy atom. The molecule has 2 unspecified atom stereocenters. The fourth-order valence-corrected chi connectivity index (χ4v) is 5.26. The maximum absolute atomic E-state index is 14.6. The topological polar surface area (TPSA) is 145 Å². The summed E-state index contributed by atoms with van der Waals surface area (Å²) in [5.74, 6) is 0.509. The Balaban J connectivity index is 1.56. The van der Waals surface area contributed by atoms with Crippen LogP contribution in [0.1, 0.15) is 46.6 Å². The molecule has 4 aromatic rings. The minimum Gasteiger partial charge on any atom is -0.464 e. The van der Waals surface area contributed by atoms with Gasteiger partial charge in [0, 0.05) is 29.1 Å².